The van der Waals surface area contributed by atoms with Crippen molar-refractivity contribution in [2.24, 2.45) is 4.99 Å². The summed E-state index contributed by atoms with van der Waals surface area (Å²) in [6, 6.07) is 9.58. The number of rotatable bonds is 3. The Hall–Kier alpha value is -2.34. The van der Waals surface area contributed by atoms with E-state index in [1.807, 2.05) is 30.3 Å². The fourth-order valence-electron chi connectivity index (χ4n) is 3.53. The van der Waals surface area contributed by atoms with E-state index in [1.165, 1.54) is 6.42 Å². The first-order valence-corrected chi connectivity index (χ1v) is 9.01. The normalized spacial score (nSPS) is 23.4. The molecule has 0 radical (unpaired) electrons. The summed E-state index contributed by atoms with van der Waals surface area (Å²) in [6.07, 6.45) is 3.53. The Morgan fingerprint density at radius 2 is 1.60 bits per heavy atom. The van der Waals surface area contributed by atoms with Crippen molar-refractivity contribution in [1.82, 2.24) is 9.80 Å². The van der Waals surface area contributed by atoms with Crippen molar-refractivity contribution in [2.45, 2.75) is 19.3 Å². The molecule has 2 saturated heterocycles. The van der Waals surface area contributed by atoms with Gasteiger partial charge in [0.15, 0.2) is 5.70 Å². The fraction of sp³-hybridized carbons (Fsp3) is 0.474. The summed E-state index contributed by atoms with van der Waals surface area (Å²) in [5, 5.41) is 0. The highest BCUT2D eigenvalue weighted by molar-refractivity contribution is 6.11. The van der Waals surface area contributed by atoms with Crippen LogP contribution >= 0.6 is 0 Å². The first-order valence-electron chi connectivity index (χ1n) is 9.01. The van der Waals surface area contributed by atoms with Crippen LogP contribution in [-0.4, -0.2) is 61.1 Å². The molecule has 0 amide bonds. The van der Waals surface area contributed by atoms with Crippen LogP contribution in [0.3, 0.4) is 0 Å². The van der Waals surface area contributed by atoms with E-state index in [-0.39, 0.29) is 5.97 Å². The van der Waals surface area contributed by atoms with Gasteiger partial charge in [-0.2, -0.15) is 0 Å². The molecule has 132 valence electrons. The van der Waals surface area contributed by atoms with E-state index in [2.05, 4.69) is 14.8 Å². The largest absolute Gasteiger partial charge is 0.402 e. The second kappa shape index (κ2) is 7.27. The zero-order chi connectivity index (χ0) is 17.1. The summed E-state index contributed by atoms with van der Waals surface area (Å²) >= 11 is 0. The van der Waals surface area contributed by atoms with Gasteiger partial charge < -0.3 is 19.3 Å². The Morgan fingerprint density at radius 1 is 0.920 bits per heavy atom. The second-order valence-electron chi connectivity index (χ2n) is 6.49. The van der Waals surface area contributed by atoms with Crippen molar-refractivity contribution in [3.8, 4) is 0 Å². The highest BCUT2D eigenvalue weighted by Crippen LogP contribution is 2.27. The minimum atomic E-state index is -0.356. The molecule has 0 unspecified atom stereocenters. The topological polar surface area (TPSA) is 54.4 Å². The molecular weight excluding hydrogens is 318 g/mol. The molecule has 0 saturated carbocycles. The van der Waals surface area contributed by atoms with Crippen LogP contribution in [0.15, 0.2) is 46.8 Å². The third-order valence-electron chi connectivity index (χ3n) is 4.79. The number of aliphatic imine (C=N–C) groups is 1. The van der Waals surface area contributed by atoms with Gasteiger partial charge in [0.05, 0.1) is 13.2 Å². The molecule has 6 nitrogen and oxygen atoms in total. The molecule has 1 aromatic rings. The van der Waals surface area contributed by atoms with Gasteiger partial charge in [0.25, 0.3) is 0 Å². The van der Waals surface area contributed by atoms with Crippen LogP contribution in [0.1, 0.15) is 24.8 Å². The van der Waals surface area contributed by atoms with Gasteiger partial charge in [-0.25, -0.2) is 9.79 Å². The van der Waals surface area contributed by atoms with Crippen molar-refractivity contribution in [1.29, 1.82) is 0 Å². The maximum absolute atomic E-state index is 12.6. The highest BCUT2D eigenvalue weighted by atomic mass is 16.6. The quantitative estimate of drug-likeness (QED) is 0.622. The van der Waals surface area contributed by atoms with E-state index in [0.717, 1.165) is 50.4 Å². The number of ether oxygens (including phenoxy) is 2. The molecule has 0 aromatic heterocycles. The third-order valence-corrected chi connectivity index (χ3v) is 4.79. The molecule has 0 spiro atoms. The van der Waals surface area contributed by atoms with Crippen molar-refractivity contribution in [2.75, 3.05) is 39.4 Å². The Labute approximate surface area is 147 Å². The third kappa shape index (κ3) is 3.39. The van der Waals surface area contributed by atoms with Crippen molar-refractivity contribution in [3.63, 3.8) is 0 Å². The van der Waals surface area contributed by atoms with Crippen molar-refractivity contribution < 1.29 is 14.3 Å². The van der Waals surface area contributed by atoms with Crippen LogP contribution in [0.4, 0.5) is 0 Å². The average Bonchev–Trinajstić information content (AvgIpc) is 3.06. The number of morpholine rings is 1. The van der Waals surface area contributed by atoms with Crippen LogP contribution in [0, 0.1) is 0 Å². The maximum Gasteiger partial charge on any atom is 0.367 e. The smallest absolute Gasteiger partial charge is 0.367 e. The van der Waals surface area contributed by atoms with Gasteiger partial charge in [-0.3, -0.25) is 0 Å². The first-order chi connectivity index (χ1) is 12.3. The molecule has 0 aliphatic carbocycles. The van der Waals surface area contributed by atoms with Crippen molar-refractivity contribution in [3.05, 3.63) is 47.4 Å². The standard InChI is InChI=1S/C19H23N3O3/c23-19-16(20-17(25-19)15-7-3-1-4-8-15)18(21-9-5-2-6-10-21)22-11-13-24-14-12-22/h1,3-4,7-8H,2,5-6,9-14H2/b18-16-. The monoisotopic (exact) mass is 341 g/mol. The minimum Gasteiger partial charge on any atom is -0.402 e. The van der Waals surface area contributed by atoms with Gasteiger partial charge in [0, 0.05) is 31.7 Å². The van der Waals surface area contributed by atoms with E-state index in [0.29, 0.717) is 24.8 Å². The van der Waals surface area contributed by atoms with E-state index in [9.17, 15) is 4.79 Å². The number of carbonyl (C=O) groups excluding carboxylic acids is 1. The lowest BCUT2D eigenvalue weighted by molar-refractivity contribution is -0.130. The highest BCUT2D eigenvalue weighted by Gasteiger charge is 2.33. The number of piperidine rings is 1. The minimum absolute atomic E-state index is 0.356. The van der Waals surface area contributed by atoms with Crippen molar-refractivity contribution >= 4 is 11.9 Å². The number of carbonyl (C=O) groups is 1. The van der Waals surface area contributed by atoms with E-state index >= 15 is 0 Å². The average molecular weight is 341 g/mol. The number of esters is 1. The number of hydrogen-bond acceptors (Lipinski definition) is 6. The molecule has 3 aliphatic rings. The lowest BCUT2D eigenvalue weighted by atomic mass is 10.1. The molecule has 0 atom stereocenters. The molecule has 25 heavy (non-hydrogen) atoms. The second-order valence-corrected chi connectivity index (χ2v) is 6.49. The number of benzene rings is 1. The Kier molecular flexibility index (Phi) is 4.70. The fourth-order valence-corrected chi connectivity index (χ4v) is 3.53. The van der Waals surface area contributed by atoms with Gasteiger partial charge in [-0.05, 0) is 31.4 Å². The van der Waals surface area contributed by atoms with E-state index < -0.39 is 0 Å². The Balaban J connectivity index is 1.72. The summed E-state index contributed by atoms with van der Waals surface area (Å²) in [7, 11) is 0. The number of cyclic esters (lactones) is 1. The molecule has 0 bridgehead atoms. The van der Waals surface area contributed by atoms with Crippen LogP contribution in [0.25, 0.3) is 0 Å². The van der Waals surface area contributed by atoms with Gasteiger partial charge in [0.1, 0.15) is 5.82 Å². The summed E-state index contributed by atoms with van der Waals surface area (Å²) in [4.78, 5) is 21.7. The molecule has 3 aliphatic heterocycles. The SMILES string of the molecule is O=C1OC(c2ccccc2)=N/C1=C(/N1CCCCC1)N1CCOCC1. The van der Waals surface area contributed by atoms with Gasteiger partial charge in [-0.15, -0.1) is 0 Å². The maximum atomic E-state index is 12.6. The molecule has 3 heterocycles. The lowest BCUT2D eigenvalue weighted by Crippen LogP contribution is -2.44. The molecule has 2 fully saturated rings. The summed E-state index contributed by atoms with van der Waals surface area (Å²) in [5.41, 5.74) is 1.26. The Bertz CT molecular complexity index is 667. The van der Waals surface area contributed by atoms with Crippen LogP contribution in [-0.2, 0) is 14.3 Å². The zero-order valence-electron chi connectivity index (χ0n) is 14.3. The number of likely N-dealkylation sites (tertiary alicyclic amines) is 1. The summed E-state index contributed by atoms with van der Waals surface area (Å²) in [5.74, 6) is 0.952. The summed E-state index contributed by atoms with van der Waals surface area (Å²) < 4.78 is 11.0. The van der Waals surface area contributed by atoms with Crippen LogP contribution < -0.4 is 0 Å². The molecule has 4 rings (SSSR count). The van der Waals surface area contributed by atoms with Crippen LogP contribution in [0.5, 0.6) is 0 Å². The molecule has 0 N–H and O–H groups in total. The van der Waals surface area contributed by atoms with Gasteiger partial charge in [-0.1, -0.05) is 18.2 Å². The van der Waals surface area contributed by atoms with E-state index in [1.54, 1.807) is 0 Å². The molecule has 6 heteroatoms. The van der Waals surface area contributed by atoms with Gasteiger partial charge >= 0.3 is 5.97 Å². The molecular formula is C19H23N3O3. The lowest BCUT2D eigenvalue weighted by Gasteiger charge is -2.39. The summed E-state index contributed by atoms with van der Waals surface area (Å²) in [6.45, 7) is 4.82. The molecule has 1 aromatic carbocycles. The van der Waals surface area contributed by atoms with Crippen LogP contribution in [0.2, 0.25) is 0 Å². The number of hydrogen-bond donors (Lipinski definition) is 0. The Morgan fingerprint density at radius 3 is 2.32 bits per heavy atom. The first kappa shape index (κ1) is 16.1. The predicted molar refractivity (Wildman–Crippen MR) is 93.9 cm³/mol. The van der Waals surface area contributed by atoms with E-state index in [4.69, 9.17) is 9.47 Å². The predicted octanol–water partition coefficient (Wildman–Crippen LogP) is 1.98. The van der Waals surface area contributed by atoms with Gasteiger partial charge in [0.2, 0.25) is 5.90 Å². The zero-order valence-corrected chi connectivity index (χ0v) is 14.3. The number of nitrogens with zero attached hydrogens (tertiary/aromatic N) is 3.